The lowest BCUT2D eigenvalue weighted by molar-refractivity contribution is 0.100. The minimum absolute atomic E-state index is 0.183. The van der Waals surface area contributed by atoms with Crippen LogP contribution < -0.4 is 24.7 Å². The molecule has 5 nitrogen and oxygen atoms in total. The smallest absolute Gasteiger partial charge is 0.203 e. The standard InChI is InChI=1S/C13H19NO4/c1-15-11-6-10(18-9-4-8(14)5-9)7-12(16-2)13(11)17-3/h6-9H,4-5,14H2,1-3H3. The fourth-order valence-electron chi connectivity index (χ4n) is 2.02. The minimum Gasteiger partial charge on any atom is -0.493 e. The predicted molar refractivity (Wildman–Crippen MR) is 67.7 cm³/mol. The zero-order valence-electron chi connectivity index (χ0n) is 10.9. The summed E-state index contributed by atoms with van der Waals surface area (Å²) in [5.74, 6) is 2.46. The molecule has 2 N–H and O–H groups in total. The summed E-state index contributed by atoms with van der Waals surface area (Å²) in [6, 6.07) is 3.85. The summed E-state index contributed by atoms with van der Waals surface area (Å²) in [4.78, 5) is 0. The molecule has 0 saturated heterocycles. The largest absolute Gasteiger partial charge is 0.493 e. The van der Waals surface area contributed by atoms with E-state index in [1.54, 1.807) is 33.5 Å². The molecule has 0 heterocycles. The van der Waals surface area contributed by atoms with E-state index in [4.69, 9.17) is 24.7 Å². The summed E-state index contributed by atoms with van der Waals surface area (Å²) < 4.78 is 21.6. The highest BCUT2D eigenvalue weighted by Gasteiger charge is 2.28. The number of hydrogen-bond donors (Lipinski definition) is 1. The molecule has 0 bridgehead atoms. The molecule has 1 aromatic carbocycles. The van der Waals surface area contributed by atoms with Crippen LogP contribution in [-0.2, 0) is 0 Å². The van der Waals surface area contributed by atoms with Gasteiger partial charge in [0.15, 0.2) is 11.5 Å². The van der Waals surface area contributed by atoms with E-state index in [-0.39, 0.29) is 12.1 Å². The molecule has 0 atom stereocenters. The molecule has 1 aliphatic carbocycles. The van der Waals surface area contributed by atoms with Crippen LogP contribution in [0.2, 0.25) is 0 Å². The summed E-state index contributed by atoms with van der Waals surface area (Å²) in [6.45, 7) is 0. The monoisotopic (exact) mass is 253 g/mol. The van der Waals surface area contributed by atoms with E-state index in [0.29, 0.717) is 23.0 Å². The van der Waals surface area contributed by atoms with Crippen LogP contribution in [0, 0.1) is 0 Å². The van der Waals surface area contributed by atoms with Crippen molar-refractivity contribution in [2.45, 2.75) is 25.0 Å². The molecule has 0 spiro atoms. The maximum absolute atomic E-state index is 5.81. The van der Waals surface area contributed by atoms with Crippen LogP contribution in [0.4, 0.5) is 0 Å². The first-order valence-electron chi connectivity index (χ1n) is 5.90. The molecular formula is C13H19NO4. The van der Waals surface area contributed by atoms with Gasteiger partial charge in [-0.3, -0.25) is 0 Å². The highest BCUT2D eigenvalue weighted by atomic mass is 16.5. The molecule has 0 amide bonds. The zero-order valence-corrected chi connectivity index (χ0v) is 10.9. The maximum Gasteiger partial charge on any atom is 0.203 e. The third kappa shape index (κ3) is 2.46. The van der Waals surface area contributed by atoms with Gasteiger partial charge in [-0.1, -0.05) is 0 Å². The molecular weight excluding hydrogens is 234 g/mol. The Labute approximate surface area is 107 Å². The van der Waals surface area contributed by atoms with E-state index < -0.39 is 0 Å². The third-order valence-electron chi connectivity index (χ3n) is 3.07. The van der Waals surface area contributed by atoms with Crippen molar-refractivity contribution in [3.8, 4) is 23.0 Å². The molecule has 0 unspecified atom stereocenters. The summed E-state index contributed by atoms with van der Waals surface area (Å²) in [5, 5.41) is 0. The summed E-state index contributed by atoms with van der Waals surface area (Å²) in [6.07, 6.45) is 1.95. The van der Waals surface area contributed by atoms with Gasteiger partial charge in [0.2, 0.25) is 5.75 Å². The van der Waals surface area contributed by atoms with Crippen LogP contribution in [0.25, 0.3) is 0 Å². The van der Waals surface area contributed by atoms with Crippen molar-refractivity contribution in [2.75, 3.05) is 21.3 Å². The summed E-state index contributed by atoms with van der Waals surface area (Å²) >= 11 is 0. The topological polar surface area (TPSA) is 62.9 Å². The SMILES string of the molecule is COc1cc(OC2CC(N)C2)cc(OC)c1OC. The third-order valence-corrected chi connectivity index (χ3v) is 3.07. The van der Waals surface area contributed by atoms with Gasteiger partial charge in [-0.25, -0.2) is 0 Å². The quantitative estimate of drug-likeness (QED) is 0.863. The Morgan fingerprint density at radius 3 is 1.94 bits per heavy atom. The minimum atomic E-state index is 0.183. The fourth-order valence-corrected chi connectivity index (χ4v) is 2.02. The Morgan fingerprint density at radius 1 is 1.00 bits per heavy atom. The van der Waals surface area contributed by atoms with Crippen molar-refractivity contribution in [1.82, 2.24) is 0 Å². The summed E-state index contributed by atoms with van der Waals surface area (Å²) in [5.41, 5.74) is 5.73. The Morgan fingerprint density at radius 2 is 1.56 bits per heavy atom. The van der Waals surface area contributed by atoms with Crippen LogP contribution in [0.1, 0.15) is 12.8 Å². The molecule has 1 saturated carbocycles. The van der Waals surface area contributed by atoms with Crippen molar-refractivity contribution < 1.29 is 18.9 Å². The Kier molecular flexibility index (Phi) is 3.81. The van der Waals surface area contributed by atoms with Gasteiger partial charge in [-0.2, -0.15) is 0 Å². The first-order valence-corrected chi connectivity index (χ1v) is 5.90. The second kappa shape index (κ2) is 5.35. The van der Waals surface area contributed by atoms with Crippen LogP contribution in [-0.4, -0.2) is 33.5 Å². The Balaban J connectivity index is 2.20. The van der Waals surface area contributed by atoms with Crippen molar-refractivity contribution >= 4 is 0 Å². The van der Waals surface area contributed by atoms with Gasteiger partial charge in [-0.05, 0) is 12.8 Å². The van der Waals surface area contributed by atoms with E-state index in [1.807, 2.05) is 0 Å². The molecule has 0 radical (unpaired) electrons. The Bertz CT molecular complexity index is 390. The van der Waals surface area contributed by atoms with Gasteiger partial charge in [-0.15, -0.1) is 0 Å². The summed E-state index contributed by atoms with van der Waals surface area (Å²) in [7, 11) is 4.74. The number of benzene rings is 1. The second-order valence-corrected chi connectivity index (χ2v) is 4.33. The molecule has 18 heavy (non-hydrogen) atoms. The number of hydrogen-bond acceptors (Lipinski definition) is 5. The number of ether oxygens (including phenoxy) is 4. The molecule has 1 aliphatic rings. The number of rotatable bonds is 5. The molecule has 100 valence electrons. The molecule has 1 aromatic rings. The van der Waals surface area contributed by atoms with Crippen molar-refractivity contribution in [1.29, 1.82) is 0 Å². The molecule has 0 aromatic heterocycles. The van der Waals surface area contributed by atoms with Gasteiger partial charge in [0.25, 0.3) is 0 Å². The van der Waals surface area contributed by atoms with Crippen LogP contribution in [0.3, 0.4) is 0 Å². The van der Waals surface area contributed by atoms with Crippen molar-refractivity contribution in [2.24, 2.45) is 5.73 Å². The average molecular weight is 253 g/mol. The van der Waals surface area contributed by atoms with Crippen LogP contribution in [0.5, 0.6) is 23.0 Å². The van der Waals surface area contributed by atoms with Crippen molar-refractivity contribution in [3.05, 3.63) is 12.1 Å². The fraction of sp³-hybridized carbons (Fsp3) is 0.538. The highest BCUT2D eigenvalue weighted by Crippen LogP contribution is 2.41. The first kappa shape index (κ1) is 12.8. The normalized spacial score (nSPS) is 22.0. The molecule has 1 fully saturated rings. The molecule has 2 rings (SSSR count). The predicted octanol–water partition coefficient (Wildman–Crippen LogP) is 1.58. The van der Waals surface area contributed by atoms with E-state index in [0.717, 1.165) is 12.8 Å². The van der Waals surface area contributed by atoms with E-state index in [9.17, 15) is 0 Å². The first-order chi connectivity index (χ1) is 8.67. The molecule has 5 heteroatoms. The number of methoxy groups -OCH3 is 3. The van der Waals surface area contributed by atoms with Gasteiger partial charge in [0, 0.05) is 18.2 Å². The lowest BCUT2D eigenvalue weighted by atomic mass is 9.90. The lowest BCUT2D eigenvalue weighted by Gasteiger charge is -2.32. The van der Waals surface area contributed by atoms with Gasteiger partial charge >= 0.3 is 0 Å². The highest BCUT2D eigenvalue weighted by molar-refractivity contribution is 5.55. The van der Waals surface area contributed by atoms with E-state index in [2.05, 4.69) is 0 Å². The van der Waals surface area contributed by atoms with E-state index in [1.165, 1.54) is 0 Å². The van der Waals surface area contributed by atoms with E-state index >= 15 is 0 Å². The maximum atomic E-state index is 5.81. The van der Waals surface area contributed by atoms with Gasteiger partial charge in [0.05, 0.1) is 21.3 Å². The number of nitrogens with two attached hydrogens (primary N) is 1. The van der Waals surface area contributed by atoms with Crippen LogP contribution in [0.15, 0.2) is 12.1 Å². The van der Waals surface area contributed by atoms with Gasteiger partial charge < -0.3 is 24.7 Å². The average Bonchev–Trinajstić information content (AvgIpc) is 2.35. The second-order valence-electron chi connectivity index (χ2n) is 4.33. The van der Waals surface area contributed by atoms with Gasteiger partial charge in [0.1, 0.15) is 11.9 Å². The van der Waals surface area contributed by atoms with Crippen molar-refractivity contribution in [3.63, 3.8) is 0 Å². The lowest BCUT2D eigenvalue weighted by Crippen LogP contribution is -2.43. The zero-order chi connectivity index (χ0) is 13.1. The van der Waals surface area contributed by atoms with Crippen LogP contribution >= 0.6 is 0 Å². The molecule has 0 aliphatic heterocycles. The Hall–Kier alpha value is -1.62.